The molecule has 1 amide bonds. The van der Waals surface area contributed by atoms with Crippen molar-refractivity contribution in [1.29, 1.82) is 0 Å². The zero-order chi connectivity index (χ0) is 13.3. The van der Waals surface area contributed by atoms with Crippen molar-refractivity contribution < 1.29 is 9.59 Å². The number of nitrogens with zero attached hydrogens (tertiary/aromatic N) is 2. The Labute approximate surface area is 109 Å². The highest BCUT2D eigenvalue weighted by atomic mass is 16.2. The zero-order valence-electron chi connectivity index (χ0n) is 9.98. The van der Waals surface area contributed by atoms with Crippen LogP contribution in [-0.4, -0.2) is 11.7 Å². The third-order valence-electron chi connectivity index (χ3n) is 3.20. The molecular weight excluding hydrogens is 240 g/mol. The van der Waals surface area contributed by atoms with Gasteiger partial charge in [0.2, 0.25) is 0 Å². The molecule has 1 aliphatic rings. The van der Waals surface area contributed by atoms with Gasteiger partial charge in [-0.1, -0.05) is 60.7 Å². The summed E-state index contributed by atoms with van der Waals surface area (Å²) in [5.41, 5.74) is -0.0128. The van der Waals surface area contributed by atoms with Crippen molar-refractivity contribution in [3.8, 4) is 0 Å². The molecule has 0 atom stereocenters. The second-order valence-electron chi connectivity index (χ2n) is 4.28. The molecule has 1 aliphatic heterocycles. The van der Waals surface area contributed by atoms with Crippen molar-refractivity contribution in [1.82, 2.24) is 0 Å². The average Bonchev–Trinajstić information content (AvgIpc) is 2.78. The van der Waals surface area contributed by atoms with Crippen LogP contribution in [0.1, 0.15) is 11.1 Å². The smallest absolute Gasteiger partial charge is 0.285 e. The van der Waals surface area contributed by atoms with Crippen LogP contribution in [0.3, 0.4) is 0 Å². The highest BCUT2D eigenvalue weighted by Gasteiger charge is 2.50. The van der Waals surface area contributed by atoms with Gasteiger partial charge < -0.3 is 0 Å². The largest absolute Gasteiger partial charge is 0.334 e. The lowest BCUT2D eigenvalue weighted by Gasteiger charge is -2.22. The number of hydrogen-bond acceptors (Lipinski definition) is 3. The number of Topliss-reactive ketones (excluding diaryl/α,β-unsaturated/α-hetero) is 1. The number of benzene rings is 2. The van der Waals surface area contributed by atoms with E-state index in [1.54, 1.807) is 24.3 Å². The Balaban J connectivity index is 2.27. The predicted octanol–water partition coefficient (Wildman–Crippen LogP) is 2.49. The van der Waals surface area contributed by atoms with E-state index in [0.717, 1.165) is 0 Å². The van der Waals surface area contributed by atoms with Crippen LogP contribution in [0.15, 0.2) is 70.9 Å². The quantitative estimate of drug-likeness (QED) is 0.769. The summed E-state index contributed by atoms with van der Waals surface area (Å²) in [6.45, 7) is 0. The minimum atomic E-state index is -1.32. The van der Waals surface area contributed by atoms with Crippen LogP contribution in [0, 0.1) is 0 Å². The first-order valence-electron chi connectivity index (χ1n) is 5.88. The van der Waals surface area contributed by atoms with Crippen molar-refractivity contribution in [3.05, 3.63) is 71.8 Å². The van der Waals surface area contributed by atoms with Gasteiger partial charge in [0.15, 0.2) is 5.54 Å². The molecule has 2 aromatic carbocycles. The summed E-state index contributed by atoms with van der Waals surface area (Å²) in [5, 5.41) is 7.46. The molecule has 0 spiro atoms. The molecule has 3 rings (SSSR count). The molecule has 0 saturated carbocycles. The van der Waals surface area contributed by atoms with E-state index in [2.05, 4.69) is 10.2 Å². The first kappa shape index (κ1) is 11.5. The summed E-state index contributed by atoms with van der Waals surface area (Å²) in [5.74, 6) is -1.40. The van der Waals surface area contributed by atoms with Crippen molar-refractivity contribution >= 4 is 11.7 Å². The first-order valence-corrected chi connectivity index (χ1v) is 5.88. The van der Waals surface area contributed by atoms with Crippen LogP contribution in [0.4, 0.5) is 0 Å². The Morgan fingerprint density at radius 3 is 1.58 bits per heavy atom. The summed E-state index contributed by atoms with van der Waals surface area (Å²) in [7, 11) is 0. The van der Waals surface area contributed by atoms with Crippen LogP contribution in [-0.2, 0) is 15.1 Å². The summed E-state index contributed by atoms with van der Waals surface area (Å²) < 4.78 is 0. The minimum absolute atomic E-state index is 0.607. The molecule has 2 aromatic rings. The molecule has 92 valence electrons. The standard InChI is InChI=1S/C15H10N2O2/c18-13-14(19)16-17-15(13,11-7-3-1-4-8-11)12-9-5-2-6-10-12/h1-10H. The van der Waals surface area contributed by atoms with Gasteiger partial charge in [-0.25, -0.2) is 0 Å². The van der Waals surface area contributed by atoms with Gasteiger partial charge in [0, 0.05) is 0 Å². The van der Waals surface area contributed by atoms with Gasteiger partial charge >= 0.3 is 5.91 Å². The first-order chi connectivity index (χ1) is 9.25. The lowest BCUT2D eigenvalue weighted by molar-refractivity contribution is -0.136. The number of ketones is 1. The molecule has 0 saturated heterocycles. The molecule has 0 aliphatic carbocycles. The molecule has 0 fully saturated rings. The molecule has 0 N–H and O–H groups in total. The maximum atomic E-state index is 12.3. The van der Waals surface area contributed by atoms with Gasteiger partial charge in [0.05, 0.1) is 0 Å². The van der Waals surface area contributed by atoms with Gasteiger partial charge in [-0.05, 0) is 11.1 Å². The molecule has 0 unspecified atom stereocenters. The lowest BCUT2D eigenvalue weighted by atomic mass is 9.80. The highest BCUT2D eigenvalue weighted by molar-refractivity contribution is 6.42. The number of rotatable bonds is 2. The van der Waals surface area contributed by atoms with Crippen molar-refractivity contribution in [3.63, 3.8) is 0 Å². The number of carbonyl (C=O) groups is 2. The van der Waals surface area contributed by atoms with Crippen LogP contribution in [0.25, 0.3) is 0 Å². The van der Waals surface area contributed by atoms with E-state index in [0.29, 0.717) is 11.1 Å². The van der Waals surface area contributed by atoms with E-state index >= 15 is 0 Å². The Bertz CT molecular complexity index is 624. The summed E-state index contributed by atoms with van der Waals surface area (Å²) in [6, 6.07) is 18.1. The fraction of sp³-hybridized carbons (Fsp3) is 0.0667. The monoisotopic (exact) mass is 250 g/mol. The second-order valence-corrected chi connectivity index (χ2v) is 4.28. The Morgan fingerprint density at radius 2 is 1.21 bits per heavy atom. The third kappa shape index (κ3) is 1.61. The molecule has 1 heterocycles. The predicted molar refractivity (Wildman–Crippen MR) is 68.5 cm³/mol. The van der Waals surface area contributed by atoms with E-state index < -0.39 is 17.2 Å². The lowest BCUT2D eigenvalue weighted by Crippen LogP contribution is -2.35. The Kier molecular flexibility index (Phi) is 2.56. The van der Waals surface area contributed by atoms with Crippen LogP contribution >= 0.6 is 0 Å². The molecule has 0 aromatic heterocycles. The topological polar surface area (TPSA) is 58.9 Å². The Morgan fingerprint density at radius 1 is 0.737 bits per heavy atom. The molecule has 0 radical (unpaired) electrons. The summed E-state index contributed by atoms with van der Waals surface area (Å²) in [4.78, 5) is 23.8. The summed E-state index contributed by atoms with van der Waals surface area (Å²) >= 11 is 0. The number of amides is 1. The highest BCUT2D eigenvalue weighted by Crippen LogP contribution is 2.38. The molecule has 4 heteroatoms. The fourth-order valence-corrected chi connectivity index (χ4v) is 2.27. The van der Waals surface area contributed by atoms with Crippen LogP contribution in [0.2, 0.25) is 0 Å². The minimum Gasteiger partial charge on any atom is -0.285 e. The van der Waals surface area contributed by atoms with Gasteiger partial charge in [0.25, 0.3) is 5.78 Å². The average molecular weight is 250 g/mol. The number of azo groups is 1. The molecule has 19 heavy (non-hydrogen) atoms. The van der Waals surface area contributed by atoms with Crippen molar-refractivity contribution in [2.75, 3.05) is 0 Å². The maximum absolute atomic E-state index is 12.3. The number of carbonyl (C=O) groups excluding carboxylic acids is 2. The van der Waals surface area contributed by atoms with Gasteiger partial charge in [-0.2, -0.15) is 5.11 Å². The van der Waals surface area contributed by atoms with E-state index in [4.69, 9.17) is 0 Å². The van der Waals surface area contributed by atoms with Crippen molar-refractivity contribution in [2.24, 2.45) is 10.2 Å². The summed E-state index contributed by atoms with van der Waals surface area (Å²) in [6.07, 6.45) is 0. The van der Waals surface area contributed by atoms with E-state index in [-0.39, 0.29) is 0 Å². The van der Waals surface area contributed by atoms with Gasteiger partial charge in [0.1, 0.15) is 0 Å². The molecule has 0 bridgehead atoms. The van der Waals surface area contributed by atoms with E-state index in [1.165, 1.54) is 0 Å². The van der Waals surface area contributed by atoms with Gasteiger partial charge in [-0.3, -0.25) is 9.59 Å². The number of hydrogen-bond donors (Lipinski definition) is 0. The zero-order valence-corrected chi connectivity index (χ0v) is 9.98. The fourth-order valence-electron chi connectivity index (χ4n) is 2.27. The normalized spacial score (nSPS) is 16.8. The van der Waals surface area contributed by atoms with Crippen molar-refractivity contribution in [2.45, 2.75) is 5.54 Å². The SMILES string of the molecule is O=C1N=NC(c2ccccc2)(c2ccccc2)C1=O. The Hall–Kier alpha value is -2.62. The maximum Gasteiger partial charge on any atom is 0.334 e. The second kappa shape index (κ2) is 4.24. The molecular formula is C15H10N2O2. The molecule has 4 nitrogen and oxygen atoms in total. The van der Waals surface area contributed by atoms with Crippen LogP contribution < -0.4 is 0 Å². The van der Waals surface area contributed by atoms with E-state index in [1.807, 2.05) is 36.4 Å². The van der Waals surface area contributed by atoms with Crippen LogP contribution in [0.5, 0.6) is 0 Å². The van der Waals surface area contributed by atoms with Gasteiger partial charge in [-0.15, -0.1) is 5.11 Å². The van der Waals surface area contributed by atoms with E-state index in [9.17, 15) is 9.59 Å². The third-order valence-corrected chi connectivity index (χ3v) is 3.20.